The maximum absolute atomic E-state index is 10.7. The van der Waals surface area contributed by atoms with E-state index in [1.54, 1.807) is 14.2 Å². The quantitative estimate of drug-likeness (QED) is 0.269. The van der Waals surface area contributed by atoms with E-state index < -0.39 is 0 Å². The zero-order chi connectivity index (χ0) is 25.4. The third-order valence-corrected chi connectivity index (χ3v) is 6.23. The molecule has 0 aliphatic heterocycles. The molecule has 0 amide bonds. The second-order valence-corrected chi connectivity index (χ2v) is 8.53. The fraction of sp³-hybridized carbons (Fsp3) is 0.357. The van der Waals surface area contributed by atoms with Crippen molar-refractivity contribution in [1.29, 1.82) is 0 Å². The molecule has 0 aliphatic carbocycles. The molecule has 0 spiro atoms. The lowest BCUT2D eigenvalue weighted by Gasteiger charge is -2.19. The molecule has 0 aromatic heterocycles. The summed E-state index contributed by atoms with van der Waals surface area (Å²) in [7, 11) is 3.33. The summed E-state index contributed by atoms with van der Waals surface area (Å²) >= 11 is 0. The van der Waals surface area contributed by atoms with Gasteiger partial charge in [0.25, 0.3) is 0 Å². The molecule has 188 valence electrons. The maximum atomic E-state index is 10.7. The van der Waals surface area contributed by atoms with Gasteiger partial charge in [0.2, 0.25) is 0 Å². The molecule has 0 heterocycles. The van der Waals surface area contributed by atoms with Crippen molar-refractivity contribution in [3.8, 4) is 39.5 Å². The predicted molar refractivity (Wildman–Crippen MR) is 143 cm³/mol. The van der Waals surface area contributed by atoms with Crippen molar-refractivity contribution in [2.45, 2.75) is 25.7 Å². The number of hydrogen-bond acceptors (Lipinski definition) is 7. The molecule has 0 saturated heterocycles. The Morgan fingerprint density at radius 3 is 1.60 bits per heavy atom. The lowest BCUT2D eigenvalue weighted by atomic mass is 9.89. The average molecular weight is 479 g/mol. The molecule has 3 rings (SSSR count). The molecule has 9 N–H and O–H groups in total. The highest BCUT2D eigenvalue weighted by atomic mass is 16.5. The van der Waals surface area contributed by atoms with Crippen LogP contribution in [0.15, 0.2) is 42.5 Å². The van der Waals surface area contributed by atoms with Gasteiger partial charge in [-0.15, -0.1) is 0 Å². The lowest BCUT2D eigenvalue weighted by Crippen LogP contribution is -2.09. The van der Waals surface area contributed by atoms with Gasteiger partial charge in [-0.3, -0.25) is 0 Å². The first-order chi connectivity index (χ1) is 17.0. The Hall–Kier alpha value is -3.10. The Morgan fingerprint density at radius 2 is 1.14 bits per heavy atom. The molecule has 7 heteroatoms. The van der Waals surface area contributed by atoms with Gasteiger partial charge in [0, 0.05) is 5.56 Å². The van der Waals surface area contributed by atoms with Gasteiger partial charge in [-0.05, 0) is 121 Å². The summed E-state index contributed by atoms with van der Waals surface area (Å²) < 4.78 is 11.4. The van der Waals surface area contributed by atoms with Gasteiger partial charge in [0.05, 0.1) is 14.2 Å². The largest absolute Gasteiger partial charge is 0.507 e. The van der Waals surface area contributed by atoms with Crippen LogP contribution >= 0.6 is 0 Å². The van der Waals surface area contributed by atoms with Crippen LogP contribution in [0.3, 0.4) is 0 Å². The summed E-state index contributed by atoms with van der Waals surface area (Å²) in [5.74, 6) is 1.81. The van der Waals surface area contributed by atoms with Gasteiger partial charge < -0.3 is 37.5 Å². The van der Waals surface area contributed by atoms with Gasteiger partial charge in [-0.1, -0.05) is 12.1 Å². The fourth-order valence-electron chi connectivity index (χ4n) is 4.62. The molecule has 3 aromatic rings. The van der Waals surface area contributed by atoms with Crippen molar-refractivity contribution in [3.63, 3.8) is 0 Å². The minimum absolute atomic E-state index is 0.274. The van der Waals surface area contributed by atoms with E-state index in [0.29, 0.717) is 39.0 Å². The van der Waals surface area contributed by atoms with E-state index in [0.717, 1.165) is 68.8 Å². The second kappa shape index (κ2) is 12.6. The first kappa shape index (κ1) is 26.5. The second-order valence-electron chi connectivity index (χ2n) is 8.53. The average Bonchev–Trinajstić information content (AvgIpc) is 2.86. The van der Waals surface area contributed by atoms with Crippen molar-refractivity contribution >= 4 is 0 Å². The molecule has 0 aliphatic rings. The number of nitrogens with two attached hydrogens (primary N) is 4. The Kier molecular flexibility index (Phi) is 9.51. The van der Waals surface area contributed by atoms with E-state index in [4.69, 9.17) is 32.4 Å². The highest BCUT2D eigenvalue weighted by Gasteiger charge is 2.17. The van der Waals surface area contributed by atoms with Gasteiger partial charge in [-0.2, -0.15) is 0 Å². The van der Waals surface area contributed by atoms with Crippen molar-refractivity contribution < 1.29 is 14.6 Å². The maximum Gasteiger partial charge on any atom is 0.127 e. The standard InChI is InChI=1S/C28H38N4O3/c1-34-24-15-19(5-9-29)27(20(16-24)6-10-30)18-3-4-25(26(17-18)35-2)23-13-21(7-11-31)28(33)22(14-23)8-12-32/h3-4,13-17,33H,5-12,29-32H2,1-2H3. The molecule has 0 bridgehead atoms. The highest BCUT2D eigenvalue weighted by Crippen LogP contribution is 2.40. The van der Waals surface area contributed by atoms with Crippen molar-refractivity contribution in [2.75, 3.05) is 40.4 Å². The number of methoxy groups -OCH3 is 2. The molecule has 0 atom stereocenters. The minimum Gasteiger partial charge on any atom is -0.507 e. The summed E-state index contributed by atoms with van der Waals surface area (Å²) in [6, 6.07) is 14.2. The van der Waals surface area contributed by atoms with Crippen LogP contribution in [0.4, 0.5) is 0 Å². The first-order valence-corrected chi connectivity index (χ1v) is 12.0. The Morgan fingerprint density at radius 1 is 0.629 bits per heavy atom. The molecule has 35 heavy (non-hydrogen) atoms. The van der Waals surface area contributed by atoms with Crippen molar-refractivity contribution in [3.05, 3.63) is 64.7 Å². The molecule has 0 unspecified atom stereocenters. The third kappa shape index (κ3) is 5.94. The van der Waals surface area contributed by atoms with Gasteiger partial charge >= 0.3 is 0 Å². The van der Waals surface area contributed by atoms with E-state index in [2.05, 4.69) is 18.2 Å². The molecule has 7 nitrogen and oxygen atoms in total. The Bertz CT molecular complexity index is 1090. The minimum atomic E-state index is 0.274. The van der Waals surface area contributed by atoms with E-state index >= 15 is 0 Å². The Labute approximate surface area is 208 Å². The number of ether oxygens (including phenoxy) is 2. The van der Waals surface area contributed by atoms with Crippen LogP contribution in [0.5, 0.6) is 17.2 Å². The van der Waals surface area contributed by atoms with Crippen molar-refractivity contribution in [1.82, 2.24) is 0 Å². The van der Waals surface area contributed by atoms with Crippen molar-refractivity contribution in [2.24, 2.45) is 22.9 Å². The van der Waals surface area contributed by atoms with Gasteiger partial charge in [0.1, 0.15) is 17.2 Å². The SMILES string of the molecule is COc1cc(CCN)c(-c2ccc(-c3cc(CCN)c(O)c(CCN)c3)c(OC)c2)c(CCN)c1. The normalized spacial score (nSPS) is 11.0. The van der Waals surface area contributed by atoms with Gasteiger partial charge in [-0.25, -0.2) is 0 Å². The number of phenols is 1. The summed E-state index contributed by atoms with van der Waals surface area (Å²) in [6.45, 7) is 1.94. The van der Waals surface area contributed by atoms with Crippen LogP contribution in [-0.4, -0.2) is 45.5 Å². The molecular weight excluding hydrogens is 440 g/mol. The Balaban J connectivity index is 2.18. The molecular formula is C28H38N4O3. The number of benzene rings is 3. The lowest BCUT2D eigenvalue weighted by molar-refractivity contribution is 0.414. The first-order valence-electron chi connectivity index (χ1n) is 12.0. The van der Waals surface area contributed by atoms with E-state index in [-0.39, 0.29) is 5.75 Å². The van der Waals surface area contributed by atoms with Crippen LogP contribution in [0.2, 0.25) is 0 Å². The summed E-state index contributed by atoms with van der Waals surface area (Å²) in [5.41, 5.74) is 31.4. The van der Waals surface area contributed by atoms with E-state index in [1.165, 1.54) is 0 Å². The highest BCUT2D eigenvalue weighted by molar-refractivity contribution is 5.80. The third-order valence-electron chi connectivity index (χ3n) is 6.23. The predicted octanol–water partition coefficient (Wildman–Crippen LogP) is 2.75. The summed E-state index contributed by atoms with van der Waals surface area (Å²) in [5, 5.41) is 10.7. The molecule has 0 saturated carbocycles. The zero-order valence-electron chi connectivity index (χ0n) is 20.8. The fourth-order valence-corrected chi connectivity index (χ4v) is 4.62. The summed E-state index contributed by atoms with van der Waals surface area (Å²) in [4.78, 5) is 0. The molecule has 0 radical (unpaired) electrons. The van der Waals surface area contributed by atoms with Crippen LogP contribution in [0, 0.1) is 0 Å². The van der Waals surface area contributed by atoms with E-state index in [9.17, 15) is 5.11 Å². The van der Waals surface area contributed by atoms with E-state index in [1.807, 2.05) is 24.3 Å². The number of phenolic OH excluding ortho intramolecular Hbond substituents is 1. The zero-order valence-corrected chi connectivity index (χ0v) is 20.8. The van der Waals surface area contributed by atoms with Crippen LogP contribution in [-0.2, 0) is 25.7 Å². The van der Waals surface area contributed by atoms with Gasteiger partial charge in [0.15, 0.2) is 0 Å². The smallest absolute Gasteiger partial charge is 0.127 e. The monoisotopic (exact) mass is 478 g/mol. The number of rotatable bonds is 12. The molecule has 0 fully saturated rings. The number of hydrogen-bond donors (Lipinski definition) is 5. The molecule has 3 aromatic carbocycles. The summed E-state index contributed by atoms with van der Waals surface area (Å²) in [6.07, 6.45) is 2.59. The number of aromatic hydroxyl groups is 1. The van der Waals surface area contributed by atoms with Crippen LogP contribution in [0.25, 0.3) is 22.3 Å². The van der Waals surface area contributed by atoms with Crippen LogP contribution in [0.1, 0.15) is 22.3 Å². The van der Waals surface area contributed by atoms with Crippen LogP contribution < -0.4 is 32.4 Å². The topological polar surface area (TPSA) is 143 Å².